The van der Waals surface area contributed by atoms with Crippen LogP contribution in [0.2, 0.25) is 0 Å². The van der Waals surface area contributed by atoms with Crippen molar-refractivity contribution in [1.29, 1.82) is 5.26 Å². The number of thiophene rings is 1. The molecule has 0 radical (unpaired) electrons. The summed E-state index contributed by atoms with van der Waals surface area (Å²) in [5.41, 5.74) is 1.29. The van der Waals surface area contributed by atoms with Crippen LogP contribution in [0.15, 0.2) is 12.2 Å². The summed E-state index contributed by atoms with van der Waals surface area (Å²) < 4.78 is 0. The summed E-state index contributed by atoms with van der Waals surface area (Å²) in [5.74, 6) is -3.05. The molecule has 1 aliphatic rings. The van der Waals surface area contributed by atoms with E-state index in [4.69, 9.17) is 5.26 Å². The molecule has 21 heavy (non-hydrogen) atoms. The normalized spacial score (nSPS) is 20.8. The van der Waals surface area contributed by atoms with E-state index < -0.39 is 17.8 Å². The van der Waals surface area contributed by atoms with Crippen LogP contribution >= 0.6 is 11.3 Å². The summed E-state index contributed by atoms with van der Waals surface area (Å²) in [4.78, 5) is 24.4. The van der Waals surface area contributed by atoms with Gasteiger partial charge in [0, 0.05) is 16.8 Å². The molecule has 110 valence electrons. The molecular weight excluding hydrogens is 288 g/mol. The zero-order valence-corrected chi connectivity index (χ0v) is 12.6. The van der Waals surface area contributed by atoms with Crippen molar-refractivity contribution in [2.24, 2.45) is 11.8 Å². The first-order valence-electron chi connectivity index (χ1n) is 6.62. The number of hydrogen-bond donors (Lipinski definition) is 1. The van der Waals surface area contributed by atoms with Crippen LogP contribution in [-0.2, 0) is 9.59 Å². The standard InChI is InChI=1S/C15H16N2O3S/c1-8-9(2)21-14(12(8)7-16)17-13(18)10-5-3-4-6-11(10)15(19)20/h3-4,10-11H,5-6H2,1-2H3,(H,17,18)(H,19,20)/p-1/t10-,11+/m1/s1. The molecule has 0 spiro atoms. The van der Waals surface area contributed by atoms with Crippen molar-refractivity contribution < 1.29 is 14.7 Å². The van der Waals surface area contributed by atoms with Gasteiger partial charge in [-0.25, -0.2) is 0 Å². The van der Waals surface area contributed by atoms with Gasteiger partial charge in [-0.15, -0.1) is 11.3 Å². The summed E-state index contributed by atoms with van der Waals surface area (Å²) in [5, 5.41) is 23.5. The van der Waals surface area contributed by atoms with Gasteiger partial charge in [-0.2, -0.15) is 5.26 Å². The Hall–Kier alpha value is -2.13. The Balaban J connectivity index is 2.22. The lowest BCUT2D eigenvalue weighted by molar-refractivity contribution is -0.313. The van der Waals surface area contributed by atoms with Gasteiger partial charge in [-0.05, 0) is 32.3 Å². The Morgan fingerprint density at radius 1 is 1.33 bits per heavy atom. The third-order valence-corrected chi connectivity index (χ3v) is 4.93. The first kappa shape index (κ1) is 15.3. The Bertz CT molecular complexity index is 655. The third kappa shape index (κ3) is 2.98. The molecule has 1 amide bonds. The van der Waals surface area contributed by atoms with Crippen LogP contribution in [0.1, 0.15) is 28.8 Å². The number of anilines is 1. The highest BCUT2D eigenvalue weighted by Gasteiger charge is 2.30. The number of carboxylic acids is 1. The molecule has 0 aliphatic heterocycles. The molecular formula is C15H15N2O3S-. The van der Waals surface area contributed by atoms with Crippen molar-refractivity contribution in [3.63, 3.8) is 0 Å². The van der Waals surface area contributed by atoms with Gasteiger partial charge >= 0.3 is 0 Å². The fourth-order valence-corrected chi connectivity index (χ4v) is 3.43. The number of amides is 1. The minimum Gasteiger partial charge on any atom is -0.550 e. The topological polar surface area (TPSA) is 93.0 Å². The van der Waals surface area contributed by atoms with E-state index in [1.165, 1.54) is 11.3 Å². The van der Waals surface area contributed by atoms with Gasteiger partial charge < -0.3 is 15.2 Å². The van der Waals surface area contributed by atoms with Crippen LogP contribution in [0.25, 0.3) is 0 Å². The summed E-state index contributed by atoms with van der Waals surface area (Å²) in [7, 11) is 0. The summed E-state index contributed by atoms with van der Waals surface area (Å²) in [6, 6.07) is 2.08. The lowest BCUT2D eigenvalue weighted by Crippen LogP contribution is -2.41. The molecule has 0 fully saturated rings. The minimum absolute atomic E-state index is 0.300. The molecule has 2 atom stereocenters. The van der Waals surface area contributed by atoms with Gasteiger partial charge in [-0.1, -0.05) is 12.2 Å². The van der Waals surface area contributed by atoms with Crippen molar-refractivity contribution in [2.45, 2.75) is 26.7 Å². The molecule has 1 aliphatic carbocycles. The quantitative estimate of drug-likeness (QED) is 0.856. The van der Waals surface area contributed by atoms with Crippen molar-refractivity contribution in [3.8, 4) is 6.07 Å². The van der Waals surface area contributed by atoms with Gasteiger partial charge in [0.05, 0.1) is 11.5 Å². The maximum absolute atomic E-state index is 12.3. The molecule has 6 heteroatoms. The number of aryl methyl sites for hydroxylation is 1. The van der Waals surface area contributed by atoms with Crippen molar-refractivity contribution >= 4 is 28.2 Å². The SMILES string of the molecule is Cc1sc(NC(=O)[C@@H]2CC=CC[C@@H]2C(=O)[O-])c(C#N)c1C. The van der Waals surface area contributed by atoms with Crippen molar-refractivity contribution in [3.05, 3.63) is 28.2 Å². The molecule has 0 saturated heterocycles. The largest absolute Gasteiger partial charge is 0.550 e. The summed E-state index contributed by atoms with van der Waals surface area (Å²) in [6.45, 7) is 3.71. The molecule has 0 aromatic carbocycles. The fraction of sp³-hybridized carbons (Fsp3) is 0.400. The predicted molar refractivity (Wildman–Crippen MR) is 77.5 cm³/mol. The van der Waals surface area contributed by atoms with Crippen LogP contribution in [0.4, 0.5) is 5.00 Å². The Labute approximate surface area is 126 Å². The second-order valence-electron chi connectivity index (χ2n) is 5.06. The van der Waals surface area contributed by atoms with Gasteiger partial charge in [0.25, 0.3) is 0 Å². The van der Waals surface area contributed by atoms with E-state index in [1.54, 1.807) is 12.2 Å². The maximum Gasteiger partial charge on any atom is 0.229 e. The average molecular weight is 303 g/mol. The van der Waals surface area contributed by atoms with Gasteiger partial charge in [0.1, 0.15) is 11.1 Å². The zero-order valence-electron chi connectivity index (χ0n) is 11.8. The molecule has 0 unspecified atom stereocenters. The molecule has 2 rings (SSSR count). The van der Waals surface area contributed by atoms with Crippen LogP contribution in [0, 0.1) is 37.0 Å². The average Bonchev–Trinajstić information content (AvgIpc) is 2.73. The van der Waals surface area contributed by atoms with Crippen LogP contribution in [0.3, 0.4) is 0 Å². The Kier molecular flexibility index (Phi) is 4.43. The number of nitrogens with zero attached hydrogens (tertiary/aromatic N) is 1. The molecule has 1 aromatic heterocycles. The first-order valence-corrected chi connectivity index (χ1v) is 7.44. The molecule has 0 saturated carbocycles. The van der Waals surface area contributed by atoms with E-state index >= 15 is 0 Å². The maximum atomic E-state index is 12.3. The van der Waals surface area contributed by atoms with Crippen LogP contribution < -0.4 is 10.4 Å². The molecule has 1 aromatic rings. The monoisotopic (exact) mass is 303 g/mol. The zero-order chi connectivity index (χ0) is 15.6. The van der Waals surface area contributed by atoms with Gasteiger partial charge in [0.15, 0.2) is 0 Å². The number of nitrogens with one attached hydrogen (secondary N) is 1. The number of carbonyl (C=O) groups excluding carboxylic acids is 2. The fourth-order valence-electron chi connectivity index (χ4n) is 2.42. The van der Waals surface area contributed by atoms with E-state index in [0.717, 1.165) is 10.4 Å². The smallest absolute Gasteiger partial charge is 0.229 e. The number of carbonyl (C=O) groups is 2. The molecule has 5 nitrogen and oxygen atoms in total. The third-order valence-electron chi connectivity index (χ3n) is 3.81. The molecule has 1 N–H and O–H groups in total. The summed E-state index contributed by atoms with van der Waals surface area (Å²) in [6.07, 6.45) is 4.23. The first-order chi connectivity index (χ1) is 9.95. The summed E-state index contributed by atoms with van der Waals surface area (Å²) >= 11 is 1.33. The van der Waals surface area contributed by atoms with E-state index in [0.29, 0.717) is 23.4 Å². The Morgan fingerprint density at radius 2 is 1.95 bits per heavy atom. The predicted octanol–water partition coefficient (Wildman–Crippen LogP) is 1.51. The second kappa shape index (κ2) is 6.10. The number of allylic oxidation sites excluding steroid dienone is 2. The van der Waals surface area contributed by atoms with E-state index in [1.807, 2.05) is 13.8 Å². The van der Waals surface area contributed by atoms with Crippen molar-refractivity contribution in [1.82, 2.24) is 0 Å². The number of hydrogen-bond acceptors (Lipinski definition) is 5. The lowest BCUT2D eigenvalue weighted by atomic mass is 9.82. The second-order valence-corrected chi connectivity index (χ2v) is 6.29. The number of nitriles is 1. The highest BCUT2D eigenvalue weighted by Crippen LogP contribution is 2.33. The van der Waals surface area contributed by atoms with E-state index in [9.17, 15) is 14.7 Å². The highest BCUT2D eigenvalue weighted by atomic mass is 32.1. The van der Waals surface area contributed by atoms with Gasteiger partial charge in [-0.3, -0.25) is 4.79 Å². The lowest BCUT2D eigenvalue weighted by Gasteiger charge is -2.28. The minimum atomic E-state index is -1.21. The number of rotatable bonds is 3. The van der Waals surface area contributed by atoms with Crippen molar-refractivity contribution in [2.75, 3.05) is 5.32 Å². The van der Waals surface area contributed by atoms with Crippen LogP contribution in [-0.4, -0.2) is 11.9 Å². The number of carboxylic acid groups (broad SMARTS) is 1. The van der Waals surface area contributed by atoms with E-state index in [-0.39, 0.29) is 5.91 Å². The number of aliphatic carboxylic acids is 1. The molecule has 0 bridgehead atoms. The molecule has 1 heterocycles. The van der Waals surface area contributed by atoms with Gasteiger partial charge in [0.2, 0.25) is 5.91 Å². The Morgan fingerprint density at radius 3 is 2.52 bits per heavy atom. The van der Waals surface area contributed by atoms with Crippen LogP contribution in [0.5, 0.6) is 0 Å². The van der Waals surface area contributed by atoms with E-state index in [2.05, 4.69) is 11.4 Å². The highest BCUT2D eigenvalue weighted by molar-refractivity contribution is 7.16.